The van der Waals surface area contributed by atoms with Gasteiger partial charge in [0.05, 0.1) is 11.6 Å². The van der Waals surface area contributed by atoms with Crippen molar-refractivity contribution in [2.24, 2.45) is 4.99 Å². The Hall–Kier alpha value is -2.25. The van der Waals surface area contributed by atoms with E-state index in [2.05, 4.69) is 20.5 Å². The van der Waals surface area contributed by atoms with Crippen LogP contribution in [0.1, 0.15) is 29.5 Å². The Morgan fingerprint density at radius 3 is 2.50 bits per heavy atom. The molecule has 0 aromatic heterocycles. The summed E-state index contributed by atoms with van der Waals surface area (Å²) in [6.45, 7) is 2.94. The van der Waals surface area contributed by atoms with Gasteiger partial charge >= 0.3 is 0 Å². The van der Waals surface area contributed by atoms with Crippen LogP contribution in [0.5, 0.6) is 0 Å². The van der Waals surface area contributed by atoms with Crippen LogP contribution in [0.25, 0.3) is 0 Å². The normalized spacial score (nSPS) is 15.2. The van der Waals surface area contributed by atoms with E-state index in [1.54, 1.807) is 13.1 Å². The van der Waals surface area contributed by atoms with Crippen LogP contribution >= 0.6 is 24.0 Å². The summed E-state index contributed by atoms with van der Waals surface area (Å²) in [6, 6.07) is 13.3. The fourth-order valence-electron chi connectivity index (χ4n) is 3.43. The van der Waals surface area contributed by atoms with Crippen LogP contribution in [0.2, 0.25) is 0 Å². The van der Waals surface area contributed by atoms with E-state index in [0.717, 1.165) is 38.0 Å². The minimum atomic E-state index is -0.346. The van der Waals surface area contributed by atoms with Crippen LogP contribution in [-0.4, -0.2) is 37.0 Å². The number of benzene rings is 2. The molecule has 160 valence electrons. The topological polar surface area (TPSA) is 63.5 Å². The molecule has 1 fully saturated rings. The van der Waals surface area contributed by atoms with Gasteiger partial charge in [-0.3, -0.25) is 9.89 Å². The van der Waals surface area contributed by atoms with Crippen molar-refractivity contribution >= 4 is 29.9 Å². The number of halogens is 3. The van der Waals surface area contributed by atoms with E-state index in [9.17, 15) is 8.78 Å². The highest BCUT2D eigenvalue weighted by molar-refractivity contribution is 14.0. The highest BCUT2D eigenvalue weighted by Crippen LogP contribution is 2.15. The van der Waals surface area contributed by atoms with Gasteiger partial charge in [0.25, 0.3) is 0 Å². The predicted molar refractivity (Wildman–Crippen MR) is 125 cm³/mol. The van der Waals surface area contributed by atoms with Crippen molar-refractivity contribution in [2.75, 3.05) is 20.1 Å². The number of piperidine rings is 1. The molecule has 2 N–H and O–H groups in total. The Kier molecular flexibility index (Phi) is 9.46. The summed E-state index contributed by atoms with van der Waals surface area (Å²) in [6.07, 6.45) is 1.92. The van der Waals surface area contributed by atoms with Crippen molar-refractivity contribution < 1.29 is 8.78 Å². The molecule has 0 atom stereocenters. The Morgan fingerprint density at radius 1 is 1.17 bits per heavy atom. The van der Waals surface area contributed by atoms with Gasteiger partial charge in [0.15, 0.2) is 5.96 Å². The molecule has 5 nitrogen and oxygen atoms in total. The van der Waals surface area contributed by atoms with Crippen LogP contribution < -0.4 is 10.6 Å². The maximum absolute atomic E-state index is 13.9. The van der Waals surface area contributed by atoms with Gasteiger partial charge in [0.1, 0.15) is 11.6 Å². The molecule has 0 saturated carbocycles. The number of hydrogen-bond donors (Lipinski definition) is 2. The number of nitriles is 1. The van der Waals surface area contributed by atoms with E-state index >= 15 is 0 Å². The number of nitrogens with one attached hydrogen (secondary N) is 2. The van der Waals surface area contributed by atoms with Crippen LogP contribution in [-0.2, 0) is 13.1 Å². The zero-order valence-electron chi connectivity index (χ0n) is 16.9. The van der Waals surface area contributed by atoms with Crippen molar-refractivity contribution in [3.05, 3.63) is 70.8 Å². The molecule has 3 rings (SSSR count). The van der Waals surface area contributed by atoms with Crippen LogP contribution in [0.15, 0.2) is 47.5 Å². The number of hydrogen-bond acceptors (Lipinski definition) is 3. The molecule has 0 bridgehead atoms. The van der Waals surface area contributed by atoms with Gasteiger partial charge in [-0.2, -0.15) is 5.26 Å². The standard InChI is InChI=1S/C22H25F2N5.HI/c1-26-22(27-14-18-12-17(13-25)4-7-21(18)24)28-20-8-10-29(11-9-20)15-16-2-5-19(23)6-3-16;/h2-7,12,20H,8-11,14-15H2,1H3,(H2,26,27,28);1H. The van der Waals surface area contributed by atoms with Crippen LogP contribution in [0.3, 0.4) is 0 Å². The second-order valence-electron chi connectivity index (χ2n) is 7.16. The van der Waals surface area contributed by atoms with Crippen LogP contribution in [0.4, 0.5) is 8.78 Å². The van der Waals surface area contributed by atoms with Crippen LogP contribution in [0, 0.1) is 23.0 Å². The second-order valence-corrected chi connectivity index (χ2v) is 7.16. The van der Waals surface area contributed by atoms with Crippen molar-refractivity contribution in [1.82, 2.24) is 15.5 Å². The molecule has 1 aliphatic heterocycles. The molecule has 1 aliphatic rings. The molecule has 0 radical (unpaired) electrons. The Morgan fingerprint density at radius 2 is 1.87 bits per heavy atom. The first-order valence-corrected chi connectivity index (χ1v) is 9.70. The van der Waals surface area contributed by atoms with Gasteiger partial charge in [0, 0.05) is 44.8 Å². The van der Waals surface area contributed by atoms with Gasteiger partial charge in [-0.25, -0.2) is 8.78 Å². The summed E-state index contributed by atoms with van der Waals surface area (Å²) in [7, 11) is 1.68. The number of guanidine groups is 1. The lowest BCUT2D eigenvalue weighted by molar-refractivity contribution is 0.198. The number of aliphatic imine (C=N–C) groups is 1. The number of rotatable bonds is 5. The molecule has 2 aromatic carbocycles. The second kappa shape index (κ2) is 11.8. The van der Waals surface area contributed by atoms with E-state index in [-0.39, 0.29) is 48.2 Å². The maximum Gasteiger partial charge on any atom is 0.191 e. The average molecular weight is 525 g/mol. The third kappa shape index (κ3) is 6.92. The molecule has 0 spiro atoms. The lowest BCUT2D eigenvalue weighted by Gasteiger charge is -2.33. The van der Waals surface area contributed by atoms with E-state index in [4.69, 9.17) is 5.26 Å². The SMILES string of the molecule is CN=C(NCc1cc(C#N)ccc1F)NC1CCN(Cc2ccc(F)cc2)CC1.I. The lowest BCUT2D eigenvalue weighted by atomic mass is 10.0. The fraction of sp³-hybridized carbons (Fsp3) is 0.364. The Bertz CT molecular complexity index is 887. The third-order valence-electron chi connectivity index (χ3n) is 5.09. The quantitative estimate of drug-likeness (QED) is 0.355. The molecule has 0 aliphatic carbocycles. The molecular formula is C22H26F2IN5. The predicted octanol–water partition coefficient (Wildman–Crippen LogP) is 3.78. The number of nitrogens with zero attached hydrogens (tertiary/aromatic N) is 3. The van der Waals surface area contributed by atoms with Gasteiger partial charge in [-0.1, -0.05) is 12.1 Å². The largest absolute Gasteiger partial charge is 0.354 e. The molecule has 1 heterocycles. The Balaban J connectivity index is 0.00000320. The smallest absolute Gasteiger partial charge is 0.191 e. The van der Waals surface area contributed by atoms with Crippen molar-refractivity contribution in [2.45, 2.75) is 32.0 Å². The number of likely N-dealkylation sites (tertiary alicyclic amines) is 1. The summed E-state index contributed by atoms with van der Waals surface area (Å²) in [5.41, 5.74) is 1.97. The zero-order chi connectivity index (χ0) is 20.6. The highest BCUT2D eigenvalue weighted by atomic mass is 127. The molecule has 8 heteroatoms. The van der Waals surface area contributed by atoms with E-state index in [1.165, 1.54) is 24.3 Å². The minimum Gasteiger partial charge on any atom is -0.354 e. The summed E-state index contributed by atoms with van der Waals surface area (Å²) >= 11 is 0. The lowest BCUT2D eigenvalue weighted by Crippen LogP contribution is -2.48. The molecule has 0 amide bonds. The maximum atomic E-state index is 13.9. The van der Waals surface area contributed by atoms with Gasteiger partial charge in [-0.15, -0.1) is 24.0 Å². The zero-order valence-corrected chi connectivity index (χ0v) is 19.2. The average Bonchev–Trinajstić information content (AvgIpc) is 2.75. The molecule has 30 heavy (non-hydrogen) atoms. The summed E-state index contributed by atoms with van der Waals surface area (Å²) in [4.78, 5) is 6.57. The van der Waals surface area contributed by atoms with Crippen molar-refractivity contribution in [3.8, 4) is 6.07 Å². The van der Waals surface area contributed by atoms with E-state index in [0.29, 0.717) is 17.1 Å². The molecule has 0 unspecified atom stereocenters. The third-order valence-corrected chi connectivity index (χ3v) is 5.09. The first-order valence-electron chi connectivity index (χ1n) is 9.70. The van der Waals surface area contributed by atoms with Gasteiger partial charge in [-0.05, 0) is 48.7 Å². The minimum absolute atomic E-state index is 0. The van der Waals surface area contributed by atoms with E-state index in [1.807, 2.05) is 18.2 Å². The summed E-state index contributed by atoms with van der Waals surface area (Å²) in [5.74, 6) is 0.0552. The fourth-order valence-corrected chi connectivity index (χ4v) is 3.43. The van der Waals surface area contributed by atoms with Crippen molar-refractivity contribution in [3.63, 3.8) is 0 Å². The molecule has 2 aromatic rings. The molecule has 1 saturated heterocycles. The monoisotopic (exact) mass is 525 g/mol. The highest BCUT2D eigenvalue weighted by Gasteiger charge is 2.20. The van der Waals surface area contributed by atoms with E-state index < -0.39 is 0 Å². The Labute approximate surface area is 193 Å². The summed E-state index contributed by atoms with van der Waals surface area (Å²) in [5, 5.41) is 15.5. The first kappa shape index (κ1) is 24.0. The molecular weight excluding hydrogens is 499 g/mol. The summed E-state index contributed by atoms with van der Waals surface area (Å²) < 4.78 is 27.0. The van der Waals surface area contributed by atoms with Gasteiger partial charge in [0.2, 0.25) is 0 Å². The first-order chi connectivity index (χ1) is 14.1. The van der Waals surface area contributed by atoms with Gasteiger partial charge < -0.3 is 10.6 Å². The van der Waals surface area contributed by atoms with Crippen molar-refractivity contribution in [1.29, 1.82) is 5.26 Å².